The highest BCUT2D eigenvalue weighted by Crippen LogP contribution is 2.31. The van der Waals surface area contributed by atoms with Gasteiger partial charge in [0.15, 0.2) is 0 Å². The molecule has 1 aromatic carbocycles. The molecule has 0 spiro atoms. The van der Waals surface area contributed by atoms with Crippen LogP contribution in [-0.4, -0.2) is 4.92 Å². The van der Waals surface area contributed by atoms with Crippen molar-refractivity contribution in [2.45, 2.75) is 18.6 Å². The monoisotopic (exact) mass is 208 g/mol. The molecule has 0 N–H and O–H groups in total. The standard InChI is InChI=1S/C10H9FN2O2/c11-10(13(14)15,7-4-8-12)9-5-2-1-3-6-9/h1-3,5-6H,4,7H2. The van der Waals surface area contributed by atoms with Crippen molar-refractivity contribution >= 4 is 0 Å². The molecule has 4 nitrogen and oxygen atoms in total. The van der Waals surface area contributed by atoms with E-state index in [2.05, 4.69) is 0 Å². The normalized spacial score (nSPS) is 13.9. The van der Waals surface area contributed by atoms with Gasteiger partial charge in [-0.25, -0.2) is 0 Å². The first-order chi connectivity index (χ1) is 7.11. The second kappa shape index (κ2) is 4.51. The van der Waals surface area contributed by atoms with Gasteiger partial charge in [0.25, 0.3) is 0 Å². The van der Waals surface area contributed by atoms with Crippen LogP contribution in [0.5, 0.6) is 0 Å². The molecule has 0 radical (unpaired) electrons. The Labute approximate surface area is 86.1 Å². The van der Waals surface area contributed by atoms with Gasteiger partial charge < -0.3 is 0 Å². The molecule has 1 atom stereocenters. The maximum absolute atomic E-state index is 14.0. The number of halogens is 1. The molecule has 15 heavy (non-hydrogen) atoms. The lowest BCUT2D eigenvalue weighted by Crippen LogP contribution is -2.30. The molecule has 0 saturated heterocycles. The summed E-state index contributed by atoms with van der Waals surface area (Å²) >= 11 is 0. The van der Waals surface area contributed by atoms with E-state index in [0.29, 0.717) is 0 Å². The van der Waals surface area contributed by atoms with Gasteiger partial charge in [-0.05, 0) is 12.1 Å². The van der Waals surface area contributed by atoms with Crippen LogP contribution in [0.1, 0.15) is 18.4 Å². The molecule has 0 heterocycles. The number of alkyl halides is 1. The molecule has 0 amide bonds. The van der Waals surface area contributed by atoms with Crippen LogP contribution >= 0.6 is 0 Å². The molecule has 0 aliphatic heterocycles. The molecule has 0 aliphatic rings. The van der Waals surface area contributed by atoms with Gasteiger partial charge in [0.1, 0.15) is 0 Å². The summed E-state index contributed by atoms with van der Waals surface area (Å²) in [5.74, 6) is -2.66. The molecule has 5 heteroatoms. The second-order valence-electron chi connectivity index (χ2n) is 3.04. The Morgan fingerprint density at radius 3 is 2.53 bits per heavy atom. The van der Waals surface area contributed by atoms with Gasteiger partial charge in [-0.3, -0.25) is 10.1 Å². The van der Waals surface area contributed by atoms with Crippen LogP contribution in [0.15, 0.2) is 30.3 Å². The average Bonchev–Trinajstić information content (AvgIpc) is 2.27. The van der Waals surface area contributed by atoms with Gasteiger partial charge >= 0.3 is 5.79 Å². The summed E-state index contributed by atoms with van der Waals surface area (Å²) in [5, 5.41) is 19.0. The highest BCUT2D eigenvalue weighted by molar-refractivity contribution is 5.19. The zero-order chi connectivity index (χ0) is 11.3. The van der Waals surface area contributed by atoms with Crippen molar-refractivity contribution in [3.8, 4) is 6.07 Å². The minimum absolute atomic E-state index is 0.0229. The molecule has 78 valence electrons. The number of nitrogens with zero attached hydrogens (tertiary/aromatic N) is 2. The van der Waals surface area contributed by atoms with E-state index >= 15 is 0 Å². The van der Waals surface area contributed by atoms with E-state index in [-0.39, 0.29) is 12.0 Å². The summed E-state index contributed by atoms with van der Waals surface area (Å²) in [6.07, 6.45) is -0.618. The van der Waals surface area contributed by atoms with Crippen molar-refractivity contribution < 1.29 is 9.31 Å². The second-order valence-corrected chi connectivity index (χ2v) is 3.04. The first-order valence-corrected chi connectivity index (χ1v) is 4.37. The van der Waals surface area contributed by atoms with Gasteiger partial charge in [-0.2, -0.15) is 9.65 Å². The highest BCUT2D eigenvalue weighted by Gasteiger charge is 2.44. The number of nitriles is 1. The Balaban J connectivity index is 3.03. The molecule has 1 rings (SSSR count). The van der Waals surface area contributed by atoms with Crippen molar-refractivity contribution in [1.29, 1.82) is 5.26 Å². The first kappa shape index (κ1) is 11.1. The molecular weight excluding hydrogens is 199 g/mol. The predicted molar refractivity (Wildman–Crippen MR) is 51.1 cm³/mol. The summed E-state index contributed by atoms with van der Waals surface area (Å²) in [6.45, 7) is 0. The van der Waals surface area contributed by atoms with Crippen LogP contribution < -0.4 is 0 Å². The molecular formula is C10H9FN2O2. The third-order valence-corrected chi connectivity index (χ3v) is 2.07. The maximum atomic E-state index is 14.0. The SMILES string of the molecule is N#CCCC(F)(c1ccccc1)[N+](=O)[O-]. The average molecular weight is 208 g/mol. The van der Waals surface area contributed by atoms with E-state index in [1.165, 1.54) is 24.3 Å². The summed E-state index contributed by atoms with van der Waals surface area (Å²) in [4.78, 5) is 9.66. The lowest BCUT2D eigenvalue weighted by atomic mass is 10.0. The largest absolute Gasteiger partial charge is 0.385 e. The summed E-state index contributed by atoms with van der Waals surface area (Å²) in [5.41, 5.74) is -0.0229. The predicted octanol–water partition coefficient (Wildman–Crippen LogP) is 2.39. The van der Waals surface area contributed by atoms with E-state index in [1.807, 2.05) is 0 Å². The van der Waals surface area contributed by atoms with Crippen molar-refractivity contribution in [2.75, 3.05) is 0 Å². The Kier molecular flexibility index (Phi) is 3.34. The molecule has 0 bridgehead atoms. The lowest BCUT2D eigenvalue weighted by molar-refractivity contribution is -0.618. The Morgan fingerprint density at radius 1 is 1.47 bits per heavy atom. The molecule has 0 aromatic heterocycles. The number of hydrogen-bond acceptors (Lipinski definition) is 3. The minimum atomic E-state index is -2.66. The van der Waals surface area contributed by atoms with Crippen molar-refractivity contribution in [2.24, 2.45) is 0 Å². The van der Waals surface area contributed by atoms with Crippen molar-refractivity contribution in [1.82, 2.24) is 0 Å². The van der Waals surface area contributed by atoms with E-state index < -0.39 is 17.1 Å². The van der Waals surface area contributed by atoms with Crippen molar-refractivity contribution in [3.05, 3.63) is 46.0 Å². The smallest absolute Gasteiger partial charge is 0.261 e. The molecule has 1 unspecified atom stereocenters. The van der Waals surface area contributed by atoms with E-state index in [1.54, 1.807) is 12.1 Å². The van der Waals surface area contributed by atoms with Crippen LogP contribution in [0, 0.1) is 21.4 Å². The minimum Gasteiger partial charge on any atom is -0.261 e. The number of nitro groups is 1. The van der Waals surface area contributed by atoms with Gasteiger partial charge in [0.05, 0.1) is 23.0 Å². The summed E-state index contributed by atoms with van der Waals surface area (Å²) in [6, 6.07) is 9.10. The topological polar surface area (TPSA) is 66.9 Å². The highest BCUT2D eigenvalue weighted by atomic mass is 19.1. The van der Waals surface area contributed by atoms with Crippen LogP contribution in [-0.2, 0) is 5.79 Å². The number of hydrogen-bond donors (Lipinski definition) is 0. The Hall–Kier alpha value is -1.96. The molecule has 0 aliphatic carbocycles. The number of rotatable bonds is 4. The van der Waals surface area contributed by atoms with Crippen LogP contribution in [0.3, 0.4) is 0 Å². The Morgan fingerprint density at radius 2 is 2.07 bits per heavy atom. The third kappa shape index (κ3) is 2.29. The fraction of sp³-hybridized carbons (Fsp3) is 0.300. The van der Waals surface area contributed by atoms with E-state index in [9.17, 15) is 14.5 Å². The van der Waals surface area contributed by atoms with E-state index in [4.69, 9.17) is 5.26 Å². The lowest BCUT2D eigenvalue weighted by Gasteiger charge is -2.15. The molecule has 0 saturated carbocycles. The molecule has 1 aromatic rings. The first-order valence-electron chi connectivity index (χ1n) is 4.37. The quantitative estimate of drug-likeness (QED) is 0.433. The summed E-state index contributed by atoms with van der Waals surface area (Å²) in [7, 11) is 0. The van der Waals surface area contributed by atoms with Crippen molar-refractivity contribution in [3.63, 3.8) is 0 Å². The van der Waals surface area contributed by atoms with Crippen LogP contribution in [0.25, 0.3) is 0 Å². The Bertz CT molecular complexity index is 388. The van der Waals surface area contributed by atoms with Gasteiger partial charge in [-0.15, -0.1) is 0 Å². The zero-order valence-corrected chi connectivity index (χ0v) is 7.89. The maximum Gasteiger partial charge on any atom is 0.385 e. The van der Waals surface area contributed by atoms with Gasteiger partial charge in [0, 0.05) is 6.42 Å². The number of benzene rings is 1. The zero-order valence-electron chi connectivity index (χ0n) is 7.89. The fourth-order valence-corrected chi connectivity index (χ4v) is 1.26. The van der Waals surface area contributed by atoms with Crippen LogP contribution in [0.4, 0.5) is 4.39 Å². The third-order valence-electron chi connectivity index (χ3n) is 2.07. The van der Waals surface area contributed by atoms with Gasteiger partial charge in [0.2, 0.25) is 0 Å². The van der Waals surface area contributed by atoms with Gasteiger partial charge in [-0.1, -0.05) is 18.2 Å². The fourth-order valence-electron chi connectivity index (χ4n) is 1.26. The molecule has 0 fully saturated rings. The van der Waals surface area contributed by atoms with Crippen LogP contribution in [0.2, 0.25) is 0 Å². The summed E-state index contributed by atoms with van der Waals surface area (Å²) < 4.78 is 14.0. The van der Waals surface area contributed by atoms with E-state index in [0.717, 1.165) is 0 Å².